The highest BCUT2D eigenvalue weighted by atomic mass is 16.4. The number of nitrogens with zero attached hydrogens (tertiary/aromatic N) is 1. The summed E-state index contributed by atoms with van der Waals surface area (Å²) in [7, 11) is 0. The molecule has 0 unspecified atom stereocenters. The van der Waals surface area contributed by atoms with E-state index in [1.54, 1.807) is 4.90 Å². The van der Waals surface area contributed by atoms with Crippen molar-refractivity contribution >= 4 is 17.8 Å². The average molecular weight is 450 g/mol. The Kier molecular flexibility index (Phi) is 23.2. The van der Waals surface area contributed by atoms with Crippen LogP contribution >= 0.6 is 0 Å². The van der Waals surface area contributed by atoms with Gasteiger partial charge in [0.05, 0.1) is 19.8 Å². The van der Waals surface area contributed by atoms with Crippen LogP contribution in [-0.4, -0.2) is 88.6 Å². The average Bonchev–Trinajstić information content (AvgIpc) is 2.71. The predicted octanol–water partition coefficient (Wildman–Crippen LogP) is 0.227. The third kappa shape index (κ3) is 22.8. The van der Waals surface area contributed by atoms with Crippen molar-refractivity contribution in [3.63, 3.8) is 0 Å². The van der Waals surface area contributed by atoms with Crippen LogP contribution in [-0.2, 0) is 14.4 Å². The molecule has 0 rings (SSSR count). The highest BCUT2D eigenvalue weighted by molar-refractivity contribution is 5.84. The normalized spacial score (nSPS) is 11.5. The second-order valence-electron chi connectivity index (χ2n) is 7.35. The summed E-state index contributed by atoms with van der Waals surface area (Å²) in [6.07, 6.45) is 8.05. The molecule has 0 aliphatic carbocycles. The third-order valence-electron chi connectivity index (χ3n) is 4.57. The van der Waals surface area contributed by atoms with Crippen LogP contribution in [0.25, 0.3) is 0 Å². The van der Waals surface area contributed by atoms with Crippen LogP contribution in [0.2, 0.25) is 0 Å². The molecule has 0 aromatic rings. The van der Waals surface area contributed by atoms with Gasteiger partial charge in [0.25, 0.3) is 0 Å². The largest absolute Gasteiger partial charge is 0.480 e. The number of amides is 2. The summed E-state index contributed by atoms with van der Waals surface area (Å²) in [6.45, 7) is 3.92. The first kappa shape index (κ1) is 31.4. The number of hydrogen-bond acceptors (Lipinski definition) is 7. The fraction of sp³-hybridized carbons (Fsp3) is 0.857. The smallest absolute Gasteiger partial charge is 0.326 e. The van der Waals surface area contributed by atoms with Gasteiger partial charge in [-0.25, -0.2) is 4.79 Å². The SMILES string of the molecule is CCCCCCCCCC(=O)N[C@@H](CCC(N)=O)C(=O)O.OCCN(CCO)CCO. The molecule has 0 aromatic heterocycles. The lowest BCUT2D eigenvalue weighted by Crippen LogP contribution is -2.41. The first-order chi connectivity index (χ1) is 14.8. The molecule has 1 atom stereocenters. The van der Waals surface area contributed by atoms with E-state index in [2.05, 4.69) is 12.2 Å². The molecule has 0 bridgehead atoms. The van der Waals surface area contributed by atoms with Crippen LogP contribution in [0.1, 0.15) is 71.1 Å². The Balaban J connectivity index is 0. The molecule has 0 aliphatic heterocycles. The zero-order valence-corrected chi connectivity index (χ0v) is 18.9. The molecule has 0 spiro atoms. The van der Waals surface area contributed by atoms with Gasteiger partial charge >= 0.3 is 5.97 Å². The van der Waals surface area contributed by atoms with Crippen molar-refractivity contribution in [1.82, 2.24) is 10.2 Å². The fourth-order valence-electron chi connectivity index (χ4n) is 2.81. The van der Waals surface area contributed by atoms with Crippen molar-refractivity contribution < 1.29 is 34.8 Å². The number of aliphatic carboxylic acids is 1. The first-order valence-corrected chi connectivity index (χ1v) is 11.2. The quantitative estimate of drug-likeness (QED) is 0.152. The number of primary amides is 1. The molecule has 31 heavy (non-hydrogen) atoms. The summed E-state index contributed by atoms with van der Waals surface area (Å²) in [5, 5.41) is 36.9. The third-order valence-corrected chi connectivity index (χ3v) is 4.57. The molecule has 10 nitrogen and oxygen atoms in total. The first-order valence-electron chi connectivity index (χ1n) is 11.2. The lowest BCUT2D eigenvalue weighted by Gasteiger charge is -2.17. The molecule has 0 saturated heterocycles. The summed E-state index contributed by atoms with van der Waals surface area (Å²) in [5.74, 6) is -1.98. The van der Waals surface area contributed by atoms with Crippen LogP contribution < -0.4 is 11.1 Å². The van der Waals surface area contributed by atoms with E-state index < -0.39 is 17.9 Å². The molecular weight excluding hydrogens is 406 g/mol. The number of carbonyl (C=O) groups excluding carboxylic acids is 2. The molecular formula is C21H43N3O7. The highest BCUT2D eigenvalue weighted by Gasteiger charge is 2.20. The monoisotopic (exact) mass is 449 g/mol. The van der Waals surface area contributed by atoms with Gasteiger partial charge in [0.2, 0.25) is 11.8 Å². The van der Waals surface area contributed by atoms with Gasteiger partial charge in [-0.1, -0.05) is 45.4 Å². The number of unbranched alkanes of at least 4 members (excludes halogenated alkanes) is 6. The molecule has 0 heterocycles. The molecule has 0 radical (unpaired) electrons. The van der Waals surface area contributed by atoms with Crippen molar-refractivity contribution in [1.29, 1.82) is 0 Å². The number of hydrogen-bond donors (Lipinski definition) is 6. The van der Waals surface area contributed by atoms with Crippen molar-refractivity contribution in [2.24, 2.45) is 5.73 Å². The molecule has 0 aromatic carbocycles. The topological polar surface area (TPSA) is 173 Å². The van der Waals surface area contributed by atoms with E-state index in [1.807, 2.05) is 0 Å². The van der Waals surface area contributed by atoms with Gasteiger partial charge in [-0.3, -0.25) is 14.5 Å². The Morgan fingerprint density at radius 1 is 0.839 bits per heavy atom. The number of carboxylic acid groups (broad SMARTS) is 1. The van der Waals surface area contributed by atoms with Gasteiger partial charge in [0, 0.05) is 32.5 Å². The minimum Gasteiger partial charge on any atom is -0.480 e. The van der Waals surface area contributed by atoms with Crippen molar-refractivity contribution in [3.05, 3.63) is 0 Å². The lowest BCUT2D eigenvalue weighted by atomic mass is 10.1. The molecule has 7 N–H and O–H groups in total. The van der Waals surface area contributed by atoms with E-state index >= 15 is 0 Å². The van der Waals surface area contributed by atoms with Crippen LogP contribution in [0, 0.1) is 0 Å². The molecule has 2 amide bonds. The second-order valence-corrected chi connectivity index (χ2v) is 7.35. The van der Waals surface area contributed by atoms with Crippen LogP contribution in [0.5, 0.6) is 0 Å². The Labute approximate surface area is 185 Å². The number of aliphatic hydroxyl groups is 3. The van der Waals surface area contributed by atoms with E-state index in [0.29, 0.717) is 26.1 Å². The van der Waals surface area contributed by atoms with Gasteiger partial charge in [0.15, 0.2) is 0 Å². The summed E-state index contributed by atoms with van der Waals surface area (Å²) < 4.78 is 0. The highest BCUT2D eigenvalue weighted by Crippen LogP contribution is 2.08. The van der Waals surface area contributed by atoms with Crippen LogP contribution in [0.15, 0.2) is 0 Å². The summed E-state index contributed by atoms with van der Waals surface area (Å²) in [6, 6.07) is -1.03. The van der Waals surface area contributed by atoms with Gasteiger partial charge in [-0.05, 0) is 12.8 Å². The Morgan fingerprint density at radius 3 is 1.74 bits per heavy atom. The number of rotatable bonds is 19. The zero-order valence-electron chi connectivity index (χ0n) is 18.9. The van der Waals surface area contributed by atoms with Gasteiger partial charge in [-0.15, -0.1) is 0 Å². The summed E-state index contributed by atoms with van der Waals surface area (Å²) in [4.78, 5) is 35.0. The van der Waals surface area contributed by atoms with E-state index in [0.717, 1.165) is 19.3 Å². The molecule has 0 aliphatic rings. The summed E-state index contributed by atoms with van der Waals surface area (Å²) >= 11 is 0. The maximum atomic E-state index is 11.6. The van der Waals surface area contributed by atoms with Crippen LogP contribution in [0.4, 0.5) is 0 Å². The number of carbonyl (C=O) groups is 3. The van der Waals surface area contributed by atoms with Gasteiger partial charge in [-0.2, -0.15) is 0 Å². The van der Waals surface area contributed by atoms with Crippen molar-refractivity contribution in [2.75, 3.05) is 39.5 Å². The van der Waals surface area contributed by atoms with E-state index in [9.17, 15) is 14.4 Å². The minimum atomic E-state index is -1.14. The molecule has 0 saturated carbocycles. The Hall–Kier alpha value is -1.75. The fourth-order valence-corrected chi connectivity index (χ4v) is 2.81. The Bertz CT molecular complexity index is 450. The standard InChI is InChI=1S/C15H28N2O4.C6H15NO3/c1-2-3-4-5-6-7-8-9-14(19)17-12(15(20)21)10-11-13(16)18;8-4-1-7(2-5-9)3-6-10/h12H,2-11H2,1H3,(H2,16,18)(H,17,19)(H,20,21);8-10H,1-6H2/t12-;/m0./s1. The van der Waals surface area contributed by atoms with E-state index in [-0.39, 0.29) is 38.6 Å². The maximum Gasteiger partial charge on any atom is 0.326 e. The number of aliphatic hydroxyl groups excluding tert-OH is 3. The maximum absolute atomic E-state index is 11.6. The predicted molar refractivity (Wildman–Crippen MR) is 118 cm³/mol. The second kappa shape index (κ2) is 22.9. The van der Waals surface area contributed by atoms with E-state index in [1.165, 1.54) is 25.7 Å². The molecule has 10 heteroatoms. The Morgan fingerprint density at radius 2 is 1.32 bits per heavy atom. The lowest BCUT2D eigenvalue weighted by molar-refractivity contribution is -0.142. The number of carboxylic acids is 1. The van der Waals surface area contributed by atoms with Gasteiger partial charge in [0.1, 0.15) is 6.04 Å². The van der Waals surface area contributed by atoms with Crippen LogP contribution in [0.3, 0.4) is 0 Å². The van der Waals surface area contributed by atoms with Crippen molar-refractivity contribution in [3.8, 4) is 0 Å². The molecule has 184 valence electrons. The van der Waals surface area contributed by atoms with Gasteiger partial charge < -0.3 is 31.5 Å². The summed E-state index contributed by atoms with van der Waals surface area (Å²) in [5.41, 5.74) is 4.98. The van der Waals surface area contributed by atoms with E-state index in [4.69, 9.17) is 26.2 Å². The number of nitrogens with two attached hydrogens (primary N) is 1. The number of nitrogens with one attached hydrogen (secondary N) is 1. The zero-order chi connectivity index (χ0) is 23.9. The molecule has 0 fully saturated rings. The van der Waals surface area contributed by atoms with Crippen molar-refractivity contribution in [2.45, 2.75) is 77.2 Å². The minimum absolute atomic E-state index is 0.0351.